The number of rotatable bonds is 9. The fourth-order valence-corrected chi connectivity index (χ4v) is 4.67. The van der Waals surface area contributed by atoms with Crippen molar-refractivity contribution in [3.8, 4) is 0 Å². The van der Waals surface area contributed by atoms with E-state index >= 15 is 0 Å². The molecule has 0 spiro atoms. The molecule has 1 N–H and O–H groups in total. The van der Waals surface area contributed by atoms with E-state index in [2.05, 4.69) is 5.32 Å². The number of anilines is 1. The van der Waals surface area contributed by atoms with E-state index in [-0.39, 0.29) is 16.4 Å². The van der Waals surface area contributed by atoms with Gasteiger partial charge in [0.25, 0.3) is 5.91 Å². The van der Waals surface area contributed by atoms with Crippen molar-refractivity contribution in [2.75, 3.05) is 25.0 Å². The predicted molar refractivity (Wildman–Crippen MR) is 121 cm³/mol. The second-order valence-electron chi connectivity index (χ2n) is 7.43. The van der Waals surface area contributed by atoms with E-state index < -0.39 is 28.5 Å². The molecule has 8 heteroatoms. The van der Waals surface area contributed by atoms with Gasteiger partial charge in [-0.25, -0.2) is 13.2 Å². The quantitative estimate of drug-likeness (QED) is 0.589. The standard InChI is InChI=1S/C23H30N2O5S/c1-6-25(7-2)31(28,29)19-13-11-18(12-14-19)23(27)30-15-21(26)24-22-17(5)9-8-10-20(22)16(3)4/h8-14,16H,6-7,15H2,1-5H3,(H,24,26). The highest BCUT2D eigenvalue weighted by molar-refractivity contribution is 7.89. The Hall–Kier alpha value is -2.71. The second kappa shape index (κ2) is 10.5. The van der Waals surface area contributed by atoms with Crippen LogP contribution >= 0.6 is 0 Å². The summed E-state index contributed by atoms with van der Waals surface area (Å²) in [5.41, 5.74) is 2.83. The third-order valence-corrected chi connectivity index (χ3v) is 7.02. The van der Waals surface area contributed by atoms with Gasteiger partial charge in [0.05, 0.1) is 10.5 Å². The summed E-state index contributed by atoms with van der Waals surface area (Å²) in [4.78, 5) is 24.7. The maximum absolute atomic E-state index is 12.5. The van der Waals surface area contributed by atoms with Crippen LogP contribution < -0.4 is 5.32 Å². The van der Waals surface area contributed by atoms with Gasteiger partial charge in [-0.15, -0.1) is 0 Å². The molecule has 7 nitrogen and oxygen atoms in total. The van der Waals surface area contributed by atoms with Crippen molar-refractivity contribution < 1.29 is 22.7 Å². The Labute approximate surface area is 184 Å². The number of aryl methyl sites for hydroxylation is 1. The van der Waals surface area contributed by atoms with Crippen molar-refractivity contribution in [2.45, 2.75) is 45.4 Å². The fourth-order valence-electron chi connectivity index (χ4n) is 3.21. The zero-order valence-corrected chi connectivity index (χ0v) is 19.5. The molecule has 2 rings (SSSR count). The predicted octanol–water partition coefficient (Wildman–Crippen LogP) is 3.94. The van der Waals surface area contributed by atoms with E-state index in [1.54, 1.807) is 13.8 Å². The first-order chi connectivity index (χ1) is 14.6. The Balaban J connectivity index is 2.03. The molecule has 1 amide bonds. The van der Waals surface area contributed by atoms with E-state index in [1.807, 2.05) is 39.0 Å². The summed E-state index contributed by atoms with van der Waals surface area (Å²) in [7, 11) is -3.60. The molecule has 0 heterocycles. The smallest absolute Gasteiger partial charge is 0.338 e. The highest BCUT2D eigenvalue weighted by Crippen LogP contribution is 2.27. The SMILES string of the molecule is CCN(CC)S(=O)(=O)c1ccc(C(=O)OCC(=O)Nc2c(C)cccc2C(C)C)cc1. The van der Waals surface area contributed by atoms with Crippen molar-refractivity contribution >= 4 is 27.6 Å². The molecule has 0 aliphatic rings. The maximum atomic E-state index is 12.5. The van der Waals surface area contributed by atoms with Crippen LogP contribution in [0.1, 0.15) is 55.1 Å². The minimum Gasteiger partial charge on any atom is -0.452 e. The fraction of sp³-hybridized carbons (Fsp3) is 0.391. The first kappa shape index (κ1) is 24.6. The van der Waals surface area contributed by atoms with Crippen LogP contribution in [0.2, 0.25) is 0 Å². The molecule has 0 aliphatic carbocycles. The van der Waals surface area contributed by atoms with E-state index in [9.17, 15) is 18.0 Å². The lowest BCUT2D eigenvalue weighted by Gasteiger charge is -2.18. The molecule has 0 fully saturated rings. The summed E-state index contributed by atoms with van der Waals surface area (Å²) in [5, 5.41) is 2.82. The molecular weight excluding hydrogens is 416 g/mol. The molecule has 0 unspecified atom stereocenters. The summed E-state index contributed by atoms with van der Waals surface area (Å²) < 4.78 is 31.5. The molecule has 0 saturated carbocycles. The first-order valence-electron chi connectivity index (χ1n) is 10.3. The Kier molecular flexibility index (Phi) is 8.36. The molecule has 0 atom stereocenters. The number of hydrogen-bond acceptors (Lipinski definition) is 5. The van der Waals surface area contributed by atoms with E-state index in [0.717, 1.165) is 16.8 Å². The monoisotopic (exact) mass is 446 g/mol. The van der Waals surface area contributed by atoms with Gasteiger partial charge in [-0.1, -0.05) is 45.9 Å². The number of carbonyl (C=O) groups excluding carboxylic acids is 2. The molecule has 0 aliphatic heterocycles. The number of amides is 1. The molecule has 0 bridgehead atoms. The van der Waals surface area contributed by atoms with Crippen molar-refractivity contribution in [3.63, 3.8) is 0 Å². The Morgan fingerprint density at radius 3 is 2.19 bits per heavy atom. The van der Waals surface area contributed by atoms with Gasteiger partial charge in [0.15, 0.2) is 6.61 Å². The van der Waals surface area contributed by atoms with Crippen LogP contribution in [0.4, 0.5) is 5.69 Å². The van der Waals surface area contributed by atoms with Crippen LogP contribution in [0.5, 0.6) is 0 Å². The van der Waals surface area contributed by atoms with E-state index in [1.165, 1.54) is 28.6 Å². The average molecular weight is 447 g/mol. The van der Waals surface area contributed by atoms with Crippen LogP contribution in [-0.4, -0.2) is 44.3 Å². The van der Waals surface area contributed by atoms with Gasteiger partial charge >= 0.3 is 5.97 Å². The topological polar surface area (TPSA) is 92.8 Å². The number of nitrogens with zero attached hydrogens (tertiary/aromatic N) is 1. The molecular formula is C23H30N2O5S. The van der Waals surface area contributed by atoms with Crippen molar-refractivity contribution in [2.24, 2.45) is 0 Å². The first-order valence-corrected chi connectivity index (χ1v) is 11.7. The number of benzene rings is 2. The van der Waals surface area contributed by atoms with Gasteiger partial charge in [0, 0.05) is 18.8 Å². The summed E-state index contributed by atoms with van der Waals surface area (Å²) in [5.74, 6) is -0.912. The van der Waals surface area contributed by atoms with Gasteiger partial charge in [-0.2, -0.15) is 4.31 Å². The number of ether oxygens (including phenoxy) is 1. The van der Waals surface area contributed by atoms with E-state index in [4.69, 9.17) is 4.74 Å². The van der Waals surface area contributed by atoms with Crippen LogP contribution in [0.3, 0.4) is 0 Å². The lowest BCUT2D eigenvalue weighted by Crippen LogP contribution is -2.30. The Morgan fingerprint density at radius 1 is 1.03 bits per heavy atom. The number of hydrogen-bond donors (Lipinski definition) is 1. The molecule has 31 heavy (non-hydrogen) atoms. The summed E-state index contributed by atoms with van der Waals surface area (Å²) in [6.45, 7) is 9.78. The Bertz CT molecular complexity index is 1030. The zero-order chi connectivity index (χ0) is 23.2. The lowest BCUT2D eigenvalue weighted by atomic mass is 9.98. The van der Waals surface area contributed by atoms with Gasteiger partial charge in [0.1, 0.15) is 0 Å². The van der Waals surface area contributed by atoms with Crippen LogP contribution in [-0.2, 0) is 19.6 Å². The van der Waals surface area contributed by atoms with Crippen molar-refractivity contribution in [1.29, 1.82) is 0 Å². The largest absolute Gasteiger partial charge is 0.452 e. The van der Waals surface area contributed by atoms with Crippen molar-refractivity contribution in [3.05, 3.63) is 59.2 Å². The normalized spacial score (nSPS) is 11.6. The van der Waals surface area contributed by atoms with Gasteiger partial charge in [-0.3, -0.25) is 4.79 Å². The highest BCUT2D eigenvalue weighted by Gasteiger charge is 2.22. The number of sulfonamides is 1. The summed E-state index contributed by atoms with van der Waals surface area (Å²) >= 11 is 0. The van der Waals surface area contributed by atoms with Crippen LogP contribution in [0, 0.1) is 6.92 Å². The molecule has 168 valence electrons. The molecule has 0 aromatic heterocycles. The minimum absolute atomic E-state index is 0.103. The lowest BCUT2D eigenvalue weighted by molar-refractivity contribution is -0.119. The maximum Gasteiger partial charge on any atom is 0.338 e. The number of nitrogens with one attached hydrogen (secondary N) is 1. The van der Waals surface area contributed by atoms with Crippen LogP contribution in [0.25, 0.3) is 0 Å². The summed E-state index contributed by atoms with van der Waals surface area (Å²) in [6, 6.07) is 11.3. The molecule has 2 aromatic carbocycles. The van der Waals surface area contributed by atoms with Gasteiger partial charge in [0.2, 0.25) is 10.0 Å². The third-order valence-electron chi connectivity index (χ3n) is 4.96. The van der Waals surface area contributed by atoms with Gasteiger partial charge in [-0.05, 0) is 48.2 Å². The third kappa shape index (κ3) is 5.92. The minimum atomic E-state index is -3.60. The zero-order valence-electron chi connectivity index (χ0n) is 18.6. The number of para-hydroxylation sites is 1. The molecule has 0 saturated heterocycles. The van der Waals surface area contributed by atoms with E-state index in [0.29, 0.717) is 13.1 Å². The van der Waals surface area contributed by atoms with Gasteiger partial charge < -0.3 is 10.1 Å². The molecule has 2 aromatic rings. The number of esters is 1. The Morgan fingerprint density at radius 2 is 1.65 bits per heavy atom. The second-order valence-corrected chi connectivity index (χ2v) is 9.37. The van der Waals surface area contributed by atoms with Crippen molar-refractivity contribution in [1.82, 2.24) is 4.31 Å². The van der Waals surface area contributed by atoms with Crippen LogP contribution in [0.15, 0.2) is 47.4 Å². The number of carbonyl (C=O) groups is 2. The summed E-state index contributed by atoms with van der Waals surface area (Å²) in [6.07, 6.45) is 0. The molecule has 0 radical (unpaired) electrons. The average Bonchev–Trinajstić information content (AvgIpc) is 2.74. The highest BCUT2D eigenvalue weighted by atomic mass is 32.2.